The van der Waals surface area contributed by atoms with E-state index in [0.717, 1.165) is 41.0 Å². The van der Waals surface area contributed by atoms with E-state index in [1.54, 1.807) is 17.0 Å². The van der Waals surface area contributed by atoms with Gasteiger partial charge < -0.3 is 15.1 Å². The van der Waals surface area contributed by atoms with E-state index in [1.165, 1.54) is 7.05 Å². The fourth-order valence-electron chi connectivity index (χ4n) is 3.95. The number of aliphatic hydroxyl groups excluding tert-OH is 1. The van der Waals surface area contributed by atoms with E-state index in [2.05, 4.69) is 6.07 Å². The Kier molecular flexibility index (Phi) is 5.92. The minimum Gasteiger partial charge on any atom is -0.508 e. The van der Waals surface area contributed by atoms with Crippen molar-refractivity contribution in [1.29, 1.82) is 0 Å². The topological polar surface area (TPSA) is 102 Å². The summed E-state index contributed by atoms with van der Waals surface area (Å²) in [5.74, 6) is 0.398. The maximum absolute atomic E-state index is 12.0. The predicted octanol–water partition coefficient (Wildman–Crippen LogP) is 3.36. The van der Waals surface area contributed by atoms with E-state index in [0.29, 0.717) is 18.2 Å². The first-order valence-electron chi connectivity index (χ1n) is 10.3. The third-order valence-corrected chi connectivity index (χ3v) is 5.72. The molecule has 0 bridgehead atoms. The van der Waals surface area contributed by atoms with Crippen LogP contribution in [0.15, 0.2) is 54.6 Å². The second-order valence-corrected chi connectivity index (χ2v) is 7.81. The molecule has 3 aromatic rings. The molecule has 2 heterocycles. The number of rotatable bonds is 4. The van der Waals surface area contributed by atoms with Crippen LogP contribution >= 0.6 is 0 Å². The first kappa shape index (κ1) is 20.9. The molecule has 2 aromatic carbocycles. The fraction of sp³-hybridized carbons (Fsp3) is 0.304. The van der Waals surface area contributed by atoms with Gasteiger partial charge in [0.25, 0.3) is 0 Å². The molecule has 0 unspecified atom stereocenters. The Labute approximate surface area is 180 Å². The van der Waals surface area contributed by atoms with Crippen LogP contribution in [0.5, 0.6) is 5.75 Å². The highest BCUT2D eigenvalue weighted by atomic mass is 16.5. The number of nitrogens with zero attached hydrogens (tertiary/aromatic N) is 4. The molecule has 0 spiro atoms. The summed E-state index contributed by atoms with van der Waals surface area (Å²) in [7, 11) is 1.34. The van der Waals surface area contributed by atoms with Crippen LogP contribution in [0, 0.1) is 0 Å². The Morgan fingerprint density at radius 2 is 1.74 bits per heavy atom. The largest absolute Gasteiger partial charge is 0.508 e. The summed E-state index contributed by atoms with van der Waals surface area (Å²) in [4.78, 5) is 13.6. The van der Waals surface area contributed by atoms with Gasteiger partial charge >= 0.3 is 6.03 Å². The fourth-order valence-corrected chi connectivity index (χ4v) is 3.95. The highest BCUT2D eigenvalue weighted by Gasteiger charge is 2.27. The quantitative estimate of drug-likeness (QED) is 0.442. The maximum Gasteiger partial charge on any atom is 0.343 e. The van der Waals surface area contributed by atoms with Crippen molar-refractivity contribution >= 4 is 6.03 Å². The van der Waals surface area contributed by atoms with Crippen LogP contribution in [-0.2, 0) is 6.61 Å². The highest BCUT2D eigenvalue weighted by Crippen LogP contribution is 2.33. The lowest BCUT2D eigenvalue weighted by atomic mass is 9.93. The van der Waals surface area contributed by atoms with E-state index in [4.69, 9.17) is 5.10 Å². The number of carbonyl (C=O) groups is 1. The maximum atomic E-state index is 12.0. The average molecular weight is 422 g/mol. The molecular formula is C23H26N4O4. The van der Waals surface area contributed by atoms with Crippen molar-refractivity contribution in [3.63, 3.8) is 0 Å². The summed E-state index contributed by atoms with van der Waals surface area (Å²) in [5, 5.41) is 33.9. The van der Waals surface area contributed by atoms with Gasteiger partial charge in [-0.25, -0.2) is 14.5 Å². The van der Waals surface area contributed by atoms with E-state index in [1.807, 2.05) is 41.1 Å². The van der Waals surface area contributed by atoms with Gasteiger partial charge in [-0.3, -0.25) is 5.21 Å². The second-order valence-electron chi connectivity index (χ2n) is 7.81. The van der Waals surface area contributed by atoms with Gasteiger partial charge in [-0.15, -0.1) is 0 Å². The molecule has 4 rings (SSSR count). The Morgan fingerprint density at radius 1 is 1.10 bits per heavy atom. The van der Waals surface area contributed by atoms with Gasteiger partial charge in [-0.05, 0) is 60.9 Å². The number of hydrogen-bond acceptors (Lipinski definition) is 5. The number of aromatic nitrogens is 2. The Bertz CT molecular complexity index is 1040. The molecule has 162 valence electrons. The average Bonchev–Trinajstić information content (AvgIpc) is 3.24. The number of hydrogen-bond donors (Lipinski definition) is 3. The number of amides is 2. The van der Waals surface area contributed by atoms with Gasteiger partial charge in [-0.2, -0.15) is 5.10 Å². The zero-order valence-corrected chi connectivity index (χ0v) is 17.3. The zero-order valence-electron chi connectivity index (χ0n) is 17.3. The molecule has 1 fully saturated rings. The van der Waals surface area contributed by atoms with Crippen LogP contribution in [0.25, 0.3) is 16.9 Å². The number of hydroxylamine groups is 2. The van der Waals surface area contributed by atoms with Crippen molar-refractivity contribution in [2.24, 2.45) is 0 Å². The van der Waals surface area contributed by atoms with Crippen molar-refractivity contribution < 1.29 is 20.2 Å². The van der Waals surface area contributed by atoms with Gasteiger partial charge in [0.1, 0.15) is 5.75 Å². The Hall–Kier alpha value is -3.36. The molecule has 31 heavy (non-hydrogen) atoms. The van der Waals surface area contributed by atoms with Crippen LogP contribution in [0.4, 0.5) is 4.79 Å². The van der Waals surface area contributed by atoms with Crippen LogP contribution in [0.2, 0.25) is 0 Å². The van der Waals surface area contributed by atoms with Crippen molar-refractivity contribution in [1.82, 2.24) is 19.7 Å². The third-order valence-electron chi connectivity index (χ3n) is 5.72. The van der Waals surface area contributed by atoms with Crippen LogP contribution in [0.1, 0.15) is 30.0 Å². The molecule has 3 N–H and O–H groups in total. The summed E-state index contributed by atoms with van der Waals surface area (Å²) in [6.45, 7) is 1.10. The normalized spacial score (nSPS) is 14.6. The summed E-state index contributed by atoms with van der Waals surface area (Å²) < 4.78 is 1.88. The lowest BCUT2D eigenvalue weighted by Crippen LogP contribution is -2.43. The van der Waals surface area contributed by atoms with Gasteiger partial charge in [0, 0.05) is 31.6 Å². The Morgan fingerprint density at radius 3 is 2.32 bits per heavy atom. The summed E-state index contributed by atoms with van der Waals surface area (Å²) in [6.07, 6.45) is 1.52. The number of carbonyl (C=O) groups excluding carboxylic acids is 1. The smallest absolute Gasteiger partial charge is 0.343 e. The molecule has 0 atom stereocenters. The molecule has 1 aliphatic rings. The molecule has 1 aromatic heterocycles. The Balaban J connectivity index is 1.65. The molecule has 2 amide bonds. The van der Waals surface area contributed by atoms with Gasteiger partial charge in [-0.1, -0.05) is 12.1 Å². The molecule has 8 nitrogen and oxygen atoms in total. The summed E-state index contributed by atoms with van der Waals surface area (Å²) in [5.41, 5.74) is 4.48. The van der Waals surface area contributed by atoms with Crippen molar-refractivity contribution in [3.8, 4) is 22.7 Å². The zero-order chi connectivity index (χ0) is 22.0. The number of phenolic OH excluding ortho intramolecular Hbond substituents is 1. The van der Waals surface area contributed by atoms with Crippen molar-refractivity contribution in [2.75, 3.05) is 20.1 Å². The number of piperidine rings is 1. The van der Waals surface area contributed by atoms with Crippen LogP contribution < -0.4 is 0 Å². The minimum absolute atomic E-state index is 0.0181. The molecule has 0 aliphatic carbocycles. The summed E-state index contributed by atoms with van der Waals surface area (Å²) >= 11 is 0. The minimum atomic E-state index is -0.391. The SMILES string of the molecule is CN(O)C(=O)N1CCC(c2cc(-c3ccc(O)cc3)n(-c3ccc(CO)cc3)n2)CC1. The number of urea groups is 1. The monoisotopic (exact) mass is 422 g/mol. The summed E-state index contributed by atoms with van der Waals surface area (Å²) in [6, 6.07) is 16.3. The third kappa shape index (κ3) is 4.40. The molecule has 8 heteroatoms. The number of phenols is 1. The number of aromatic hydroxyl groups is 1. The highest BCUT2D eigenvalue weighted by molar-refractivity contribution is 5.73. The van der Waals surface area contributed by atoms with Crippen LogP contribution in [-0.4, -0.2) is 61.3 Å². The molecule has 1 saturated heterocycles. The lowest BCUT2D eigenvalue weighted by molar-refractivity contribution is -0.0356. The predicted molar refractivity (Wildman–Crippen MR) is 115 cm³/mol. The van der Waals surface area contributed by atoms with Gasteiger partial charge in [0.05, 0.1) is 23.7 Å². The standard InChI is InChI=1S/C23H26N4O4/c1-25(31)23(30)26-12-10-17(11-13-26)21-14-22(18-4-8-20(29)9-5-18)27(24-21)19-6-2-16(15-28)3-7-19/h2-9,14,17,28-29,31H,10-13,15H2,1H3. The molecule has 1 aliphatic heterocycles. The van der Waals surface area contributed by atoms with Crippen molar-refractivity contribution in [3.05, 3.63) is 65.9 Å². The molecule has 0 radical (unpaired) electrons. The molecular weight excluding hydrogens is 396 g/mol. The van der Waals surface area contributed by atoms with E-state index < -0.39 is 6.03 Å². The van der Waals surface area contributed by atoms with Crippen molar-refractivity contribution in [2.45, 2.75) is 25.4 Å². The van der Waals surface area contributed by atoms with Gasteiger partial charge in [0.15, 0.2) is 0 Å². The first-order valence-corrected chi connectivity index (χ1v) is 10.3. The number of benzene rings is 2. The second kappa shape index (κ2) is 8.79. The van der Waals surface area contributed by atoms with E-state index >= 15 is 0 Å². The number of aliphatic hydroxyl groups is 1. The van der Waals surface area contributed by atoms with E-state index in [9.17, 15) is 20.2 Å². The first-order chi connectivity index (χ1) is 15.0. The van der Waals surface area contributed by atoms with Crippen LogP contribution in [0.3, 0.4) is 0 Å². The molecule has 0 saturated carbocycles. The lowest BCUT2D eigenvalue weighted by Gasteiger charge is -2.32. The van der Waals surface area contributed by atoms with Gasteiger partial charge in [0.2, 0.25) is 0 Å². The number of likely N-dealkylation sites (tertiary alicyclic amines) is 1. The van der Waals surface area contributed by atoms with E-state index in [-0.39, 0.29) is 18.3 Å².